The number of nitrogens with zero attached hydrogens (tertiary/aromatic N) is 1. The summed E-state index contributed by atoms with van der Waals surface area (Å²) in [6, 6.07) is 15.3. The summed E-state index contributed by atoms with van der Waals surface area (Å²) >= 11 is 0. The second-order valence-electron chi connectivity index (χ2n) is 11.0. The van der Waals surface area contributed by atoms with Crippen LogP contribution in [-0.4, -0.2) is 81.5 Å². The highest BCUT2D eigenvalue weighted by Crippen LogP contribution is 2.21. The molecule has 3 atom stereocenters. The number of carbonyl (C=O) groups is 4. The zero-order valence-corrected chi connectivity index (χ0v) is 25.0. The molecule has 1 aliphatic rings. The normalized spacial score (nSPS) is 15.7. The number of nitrogens with one attached hydrogen (secondary N) is 1. The van der Waals surface area contributed by atoms with E-state index in [0.29, 0.717) is 25.8 Å². The van der Waals surface area contributed by atoms with Crippen LogP contribution in [0.1, 0.15) is 44.7 Å². The first-order chi connectivity index (χ1) is 20.2. The number of carbonyl (C=O) groups excluding carboxylic acids is 2. The first-order valence-corrected chi connectivity index (χ1v) is 13.9. The van der Waals surface area contributed by atoms with Crippen molar-refractivity contribution in [2.75, 3.05) is 13.7 Å². The van der Waals surface area contributed by atoms with E-state index in [2.05, 4.69) is 9.72 Å². The molecule has 234 valence electrons. The first kappa shape index (κ1) is 34.8. The number of hydrogen-bond acceptors (Lipinski definition) is 8. The largest absolute Gasteiger partial charge is 0.480 e. The fourth-order valence-electron chi connectivity index (χ4n) is 4.29. The van der Waals surface area contributed by atoms with Gasteiger partial charge in [0.05, 0.1) is 7.11 Å². The molecular weight excluding hydrogens is 556 g/mol. The molecule has 1 aliphatic heterocycles. The molecule has 2 aromatic carbocycles. The van der Waals surface area contributed by atoms with E-state index in [-0.39, 0.29) is 5.97 Å². The Morgan fingerprint density at radius 3 is 2.19 bits per heavy atom. The number of rotatable bonds is 7. The standard InChI is InChI=1S/C11H12N2O2.C10H17NO4.C10H13NO2/c12-9(11(14)15)5-7-6-13-10-4-2-1-3-8(7)10;1-10(2,3)15-9(14)11-6-4-5-7(11)8(12)13;1-13-10(12)9(11)7-8-5-3-2-4-6-8/h1-4,6,9,13H,5,12H2,(H,14,15);7H,4-6H2,1-3H3,(H,12,13);2-6,9H,7,11H2,1H3/t;7-;/m.0./s1. The number of para-hydroxylation sites is 1. The summed E-state index contributed by atoms with van der Waals surface area (Å²) in [7, 11) is 1.34. The summed E-state index contributed by atoms with van der Waals surface area (Å²) < 4.78 is 9.65. The van der Waals surface area contributed by atoms with E-state index in [9.17, 15) is 19.2 Å². The van der Waals surface area contributed by atoms with Crippen LogP contribution in [0.3, 0.4) is 0 Å². The molecule has 12 nitrogen and oxygen atoms in total. The van der Waals surface area contributed by atoms with Crippen LogP contribution < -0.4 is 11.5 Å². The van der Waals surface area contributed by atoms with Crippen molar-refractivity contribution in [1.29, 1.82) is 0 Å². The number of H-pyrrole nitrogens is 1. The van der Waals surface area contributed by atoms with Gasteiger partial charge in [0, 0.05) is 30.1 Å². The summed E-state index contributed by atoms with van der Waals surface area (Å²) in [6.07, 6.45) is 3.37. The molecular formula is C31H42N4O8. The van der Waals surface area contributed by atoms with Crippen molar-refractivity contribution < 1.29 is 38.9 Å². The molecule has 1 aromatic heterocycles. The van der Waals surface area contributed by atoms with Gasteiger partial charge in [-0.25, -0.2) is 9.59 Å². The highest BCUT2D eigenvalue weighted by Gasteiger charge is 2.36. The van der Waals surface area contributed by atoms with Crippen LogP contribution >= 0.6 is 0 Å². The van der Waals surface area contributed by atoms with Crippen molar-refractivity contribution in [3.63, 3.8) is 0 Å². The lowest BCUT2D eigenvalue weighted by Crippen LogP contribution is -2.43. The Labute approximate surface area is 250 Å². The van der Waals surface area contributed by atoms with Crippen LogP contribution in [0.25, 0.3) is 10.9 Å². The molecule has 1 fully saturated rings. The van der Waals surface area contributed by atoms with Gasteiger partial charge in [-0.3, -0.25) is 14.5 Å². The van der Waals surface area contributed by atoms with Gasteiger partial charge < -0.3 is 36.1 Å². The molecule has 3 aromatic rings. The number of aromatic amines is 1. The van der Waals surface area contributed by atoms with Crippen LogP contribution in [-0.2, 0) is 36.7 Å². The maximum atomic E-state index is 11.6. The Morgan fingerprint density at radius 1 is 0.977 bits per heavy atom. The first-order valence-electron chi connectivity index (χ1n) is 13.9. The monoisotopic (exact) mass is 598 g/mol. The van der Waals surface area contributed by atoms with Crippen molar-refractivity contribution in [3.8, 4) is 0 Å². The molecule has 0 saturated carbocycles. The molecule has 0 bridgehead atoms. The van der Waals surface area contributed by atoms with Gasteiger partial charge in [-0.2, -0.15) is 0 Å². The third kappa shape index (κ3) is 11.4. The van der Waals surface area contributed by atoms with Gasteiger partial charge in [-0.05, 0) is 57.2 Å². The Morgan fingerprint density at radius 2 is 1.60 bits per heavy atom. The minimum absolute atomic E-state index is 0.347. The summed E-state index contributed by atoms with van der Waals surface area (Å²) in [6.45, 7) is 5.75. The van der Waals surface area contributed by atoms with Crippen LogP contribution in [0, 0.1) is 0 Å². The Kier molecular flexibility index (Phi) is 13.2. The van der Waals surface area contributed by atoms with Crippen LogP contribution in [0.5, 0.6) is 0 Å². The predicted octanol–water partition coefficient (Wildman–Crippen LogP) is 3.32. The predicted molar refractivity (Wildman–Crippen MR) is 161 cm³/mol. The van der Waals surface area contributed by atoms with Crippen molar-refractivity contribution in [2.24, 2.45) is 11.5 Å². The smallest absolute Gasteiger partial charge is 0.411 e. The van der Waals surface area contributed by atoms with E-state index in [1.807, 2.05) is 60.8 Å². The van der Waals surface area contributed by atoms with Gasteiger partial charge in [-0.1, -0.05) is 48.5 Å². The van der Waals surface area contributed by atoms with Gasteiger partial charge in [0.15, 0.2) is 0 Å². The van der Waals surface area contributed by atoms with Gasteiger partial charge in [0.2, 0.25) is 0 Å². The third-order valence-electron chi connectivity index (χ3n) is 6.40. The molecule has 1 amide bonds. The molecule has 1 saturated heterocycles. The van der Waals surface area contributed by atoms with Gasteiger partial charge in [-0.15, -0.1) is 0 Å². The van der Waals surface area contributed by atoms with Crippen LogP contribution in [0.2, 0.25) is 0 Å². The van der Waals surface area contributed by atoms with E-state index < -0.39 is 41.8 Å². The van der Waals surface area contributed by atoms with Gasteiger partial charge in [0.25, 0.3) is 0 Å². The number of esters is 1. The van der Waals surface area contributed by atoms with Crippen molar-refractivity contribution >= 4 is 34.9 Å². The highest BCUT2D eigenvalue weighted by atomic mass is 16.6. The number of methoxy groups -OCH3 is 1. The summed E-state index contributed by atoms with van der Waals surface area (Å²) in [5, 5.41) is 18.6. The molecule has 2 unspecified atom stereocenters. The average Bonchev–Trinajstić information content (AvgIpc) is 3.61. The molecule has 2 heterocycles. The lowest BCUT2D eigenvalue weighted by molar-refractivity contribution is -0.142. The summed E-state index contributed by atoms with van der Waals surface area (Å²) in [5.74, 6) is -2.30. The molecule has 0 aliphatic carbocycles. The second kappa shape index (κ2) is 16.3. The topological polar surface area (TPSA) is 198 Å². The summed E-state index contributed by atoms with van der Waals surface area (Å²) in [5.41, 5.74) is 13.5. The number of aromatic nitrogens is 1. The number of fused-ring (bicyclic) bond motifs is 1. The molecule has 43 heavy (non-hydrogen) atoms. The number of ether oxygens (including phenoxy) is 2. The molecule has 0 radical (unpaired) electrons. The third-order valence-corrected chi connectivity index (χ3v) is 6.40. The maximum Gasteiger partial charge on any atom is 0.411 e. The van der Waals surface area contributed by atoms with Gasteiger partial charge in [0.1, 0.15) is 23.7 Å². The molecule has 12 heteroatoms. The number of likely N-dealkylation sites (tertiary alicyclic amines) is 1. The average molecular weight is 599 g/mol. The Hall–Kier alpha value is -4.42. The number of carboxylic acid groups (broad SMARTS) is 2. The number of carboxylic acids is 2. The van der Waals surface area contributed by atoms with Crippen LogP contribution in [0.4, 0.5) is 4.79 Å². The van der Waals surface area contributed by atoms with E-state index >= 15 is 0 Å². The maximum absolute atomic E-state index is 11.6. The van der Waals surface area contributed by atoms with E-state index in [4.69, 9.17) is 26.4 Å². The van der Waals surface area contributed by atoms with Crippen molar-refractivity contribution in [1.82, 2.24) is 9.88 Å². The lowest BCUT2D eigenvalue weighted by Gasteiger charge is -2.26. The summed E-state index contributed by atoms with van der Waals surface area (Å²) in [4.78, 5) is 48.4. The van der Waals surface area contributed by atoms with E-state index in [0.717, 1.165) is 28.5 Å². The van der Waals surface area contributed by atoms with E-state index in [1.165, 1.54) is 12.0 Å². The quantitative estimate of drug-likeness (QED) is 0.251. The van der Waals surface area contributed by atoms with Crippen molar-refractivity contribution in [2.45, 2.75) is 70.2 Å². The number of amides is 1. The second-order valence-corrected chi connectivity index (χ2v) is 11.0. The van der Waals surface area contributed by atoms with Crippen molar-refractivity contribution in [3.05, 3.63) is 71.9 Å². The molecule has 0 spiro atoms. The zero-order chi connectivity index (χ0) is 32.2. The van der Waals surface area contributed by atoms with Gasteiger partial charge >= 0.3 is 24.0 Å². The highest BCUT2D eigenvalue weighted by molar-refractivity contribution is 5.84. The number of aliphatic carboxylic acids is 2. The zero-order valence-electron chi connectivity index (χ0n) is 25.0. The number of benzene rings is 2. The minimum Gasteiger partial charge on any atom is -0.480 e. The van der Waals surface area contributed by atoms with E-state index in [1.54, 1.807) is 20.8 Å². The van der Waals surface area contributed by atoms with Crippen LogP contribution in [0.15, 0.2) is 60.8 Å². The number of nitrogens with two attached hydrogens (primary N) is 2. The minimum atomic E-state index is -0.972. The Bertz CT molecular complexity index is 1350. The number of hydrogen-bond donors (Lipinski definition) is 5. The SMILES string of the molecule is CC(C)(C)OC(=O)N1CCC[C@H]1C(=O)O.COC(=O)C(N)Cc1ccccc1.NC(Cc1c[nH]c2ccccc12)C(=O)O. The molecule has 4 rings (SSSR count). The molecule has 7 N–H and O–H groups in total. The Balaban J connectivity index is 0.000000226. The fraction of sp³-hybridized carbons (Fsp3) is 0.419. The lowest BCUT2D eigenvalue weighted by atomic mass is 10.1. The fourth-order valence-corrected chi connectivity index (χ4v) is 4.29.